The second-order valence-corrected chi connectivity index (χ2v) is 2.95. The maximum absolute atomic E-state index is 9.99. The Morgan fingerprint density at radius 1 is 1.82 bits per heavy atom. The molecule has 0 fully saturated rings. The highest BCUT2D eigenvalue weighted by Crippen LogP contribution is 2.18. The molecule has 1 rings (SSSR count). The lowest BCUT2D eigenvalue weighted by Crippen LogP contribution is -2.15. The lowest BCUT2D eigenvalue weighted by Gasteiger charge is -2.06. The molecule has 1 N–H and O–H groups in total. The van der Waals surface area contributed by atoms with Crippen LogP contribution in [0.5, 0.6) is 0 Å². The van der Waals surface area contributed by atoms with E-state index in [0.717, 1.165) is 4.88 Å². The smallest absolute Gasteiger partial charge is 0.310 e. The van der Waals surface area contributed by atoms with Crippen molar-refractivity contribution in [2.24, 2.45) is 0 Å². The predicted octanol–water partition coefficient (Wildman–Crippen LogP) is 1.63. The average molecular weight is 166 g/mol. The summed E-state index contributed by atoms with van der Waals surface area (Å²) in [6.45, 7) is 3.60. The van der Waals surface area contributed by atoms with Crippen LogP contribution in [0.4, 0.5) is 0 Å². The molecule has 57 valence electrons. The van der Waals surface area contributed by atoms with Gasteiger partial charge in [0.1, 0.15) is 0 Å². The van der Waals surface area contributed by atoms with Crippen molar-refractivity contribution in [3.05, 3.63) is 35.0 Å². The summed E-state index contributed by atoms with van der Waals surface area (Å²) < 4.78 is 0. The van der Waals surface area contributed by atoms with Gasteiger partial charge in [0.15, 0.2) is 0 Å². The van der Waals surface area contributed by atoms with Crippen molar-refractivity contribution >= 4 is 17.7 Å². The zero-order valence-corrected chi connectivity index (χ0v) is 6.73. The van der Waals surface area contributed by atoms with E-state index in [0.29, 0.717) is 0 Å². The van der Waals surface area contributed by atoms with Gasteiger partial charge in [-0.2, -0.15) is 0 Å². The fraction of sp³-hybridized carbons (Fsp3) is 0.125. The monoisotopic (exact) mass is 166 g/mol. The molecular formula is C8H8NOS. The first-order chi connectivity index (χ1) is 5.38. The molecule has 2 nitrogen and oxygen atoms in total. The quantitative estimate of drug-likeness (QED) is 0.534. The van der Waals surface area contributed by atoms with E-state index in [1.54, 1.807) is 23.8 Å². The second-order valence-electron chi connectivity index (χ2n) is 1.98. The van der Waals surface area contributed by atoms with Gasteiger partial charge in [-0.05, 0) is 11.4 Å². The van der Waals surface area contributed by atoms with Gasteiger partial charge >= 0.3 is 6.41 Å². The van der Waals surface area contributed by atoms with E-state index in [2.05, 4.69) is 11.9 Å². The molecule has 1 unspecified atom stereocenters. The molecule has 1 amide bonds. The minimum Gasteiger partial charge on any atom is -0.337 e. The lowest BCUT2D eigenvalue weighted by atomic mass is 10.2. The number of carbonyl (C=O) groups excluding carboxylic acids is 1. The molecule has 0 aromatic carbocycles. The van der Waals surface area contributed by atoms with E-state index < -0.39 is 0 Å². The number of amides is 1. The van der Waals surface area contributed by atoms with E-state index >= 15 is 0 Å². The van der Waals surface area contributed by atoms with Gasteiger partial charge in [-0.3, -0.25) is 4.79 Å². The van der Waals surface area contributed by atoms with Crippen LogP contribution in [0.25, 0.3) is 0 Å². The lowest BCUT2D eigenvalue weighted by molar-refractivity contribution is 0.536. The molecule has 0 aliphatic rings. The van der Waals surface area contributed by atoms with Crippen LogP contribution in [0.2, 0.25) is 0 Å². The number of thiophene rings is 1. The van der Waals surface area contributed by atoms with E-state index in [9.17, 15) is 4.79 Å². The maximum atomic E-state index is 9.99. The predicted molar refractivity (Wildman–Crippen MR) is 46.1 cm³/mol. The van der Waals surface area contributed by atoms with Crippen molar-refractivity contribution in [2.45, 2.75) is 6.04 Å². The van der Waals surface area contributed by atoms with Gasteiger partial charge in [-0.1, -0.05) is 12.1 Å². The minimum atomic E-state index is -0.0903. The molecule has 0 spiro atoms. The van der Waals surface area contributed by atoms with E-state index in [-0.39, 0.29) is 6.04 Å². The highest BCUT2D eigenvalue weighted by molar-refractivity contribution is 7.10. The van der Waals surface area contributed by atoms with E-state index in [1.807, 2.05) is 17.5 Å². The standard InChI is InChI=1S/C8H8NOS/c1-2-7(9-6-10)8-4-3-5-11-8/h2-5,7H,1H2,(H,9,10). The van der Waals surface area contributed by atoms with Crippen LogP contribution in [0.1, 0.15) is 10.9 Å². The maximum Gasteiger partial charge on any atom is 0.310 e. The topological polar surface area (TPSA) is 29.1 Å². The highest BCUT2D eigenvalue weighted by atomic mass is 32.1. The first-order valence-corrected chi connectivity index (χ1v) is 4.05. The summed E-state index contributed by atoms with van der Waals surface area (Å²) in [6, 6.07) is 3.79. The van der Waals surface area contributed by atoms with Gasteiger partial charge in [0, 0.05) is 4.88 Å². The minimum absolute atomic E-state index is 0.0903. The van der Waals surface area contributed by atoms with Gasteiger partial charge in [0.05, 0.1) is 6.04 Å². The first-order valence-electron chi connectivity index (χ1n) is 3.17. The molecule has 0 saturated heterocycles. The molecular weight excluding hydrogens is 158 g/mol. The zero-order valence-electron chi connectivity index (χ0n) is 5.91. The largest absolute Gasteiger partial charge is 0.337 e. The summed E-state index contributed by atoms with van der Waals surface area (Å²) >= 11 is 1.58. The summed E-state index contributed by atoms with van der Waals surface area (Å²) in [5.74, 6) is 0. The molecule has 0 saturated carbocycles. The third-order valence-electron chi connectivity index (χ3n) is 1.30. The Morgan fingerprint density at radius 3 is 3.09 bits per heavy atom. The summed E-state index contributed by atoms with van der Waals surface area (Å²) in [5, 5.41) is 4.48. The number of hydrogen-bond donors (Lipinski definition) is 1. The zero-order chi connectivity index (χ0) is 8.10. The van der Waals surface area contributed by atoms with Crippen molar-refractivity contribution in [1.82, 2.24) is 5.32 Å². The van der Waals surface area contributed by atoms with Crippen LogP contribution in [0, 0.1) is 0 Å². The Morgan fingerprint density at radius 2 is 2.64 bits per heavy atom. The fourth-order valence-corrected chi connectivity index (χ4v) is 1.55. The normalized spacial score (nSPS) is 12.0. The molecule has 0 aliphatic heterocycles. The van der Waals surface area contributed by atoms with Crippen LogP contribution < -0.4 is 5.32 Å². The molecule has 3 heteroatoms. The Kier molecular flexibility index (Phi) is 2.86. The average Bonchev–Trinajstić information content (AvgIpc) is 2.52. The van der Waals surface area contributed by atoms with Gasteiger partial charge in [0.25, 0.3) is 0 Å². The second kappa shape index (κ2) is 3.93. The molecule has 1 heterocycles. The van der Waals surface area contributed by atoms with Gasteiger partial charge in [-0.25, -0.2) is 0 Å². The Balaban J connectivity index is 2.70. The van der Waals surface area contributed by atoms with Crippen LogP contribution >= 0.6 is 11.3 Å². The number of nitrogens with one attached hydrogen (secondary N) is 1. The third kappa shape index (κ3) is 1.91. The summed E-state index contributed by atoms with van der Waals surface area (Å²) in [5.41, 5.74) is 0. The van der Waals surface area contributed by atoms with Crippen LogP contribution in [0.3, 0.4) is 0 Å². The molecule has 0 bridgehead atoms. The summed E-state index contributed by atoms with van der Waals surface area (Å²) in [4.78, 5) is 11.1. The van der Waals surface area contributed by atoms with Gasteiger partial charge < -0.3 is 5.32 Å². The Bertz CT molecular complexity index is 230. The van der Waals surface area contributed by atoms with Crippen LogP contribution in [0.15, 0.2) is 30.2 Å². The molecule has 0 aliphatic carbocycles. The van der Waals surface area contributed by atoms with Crippen molar-refractivity contribution in [1.29, 1.82) is 0 Å². The highest BCUT2D eigenvalue weighted by Gasteiger charge is 2.05. The molecule has 11 heavy (non-hydrogen) atoms. The van der Waals surface area contributed by atoms with Crippen molar-refractivity contribution < 1.29 is 4.79 Å². The molecule has 1 atom stereocenters. The summed E-state index contributed by atoms with van der Waals surface area (Å²) in [6.07, 6.45) is 3.32. The van der Waals surface area contributed by atoms with Crippen molar-refractivity contribution in [3.8, 4) is 0 Å². The number of rotatable bonds is 4. The van der Waals surface area contributed by atoms with E-state index in [1.165, 1.54) is 0 Å². The van der Waals surface area contributed by atoms with Gasteiger partial charge in [0.2, 0.25) is 0 Å². The summed E-state index contributed by atoms with van der Waals surface area (Å²) in [7, 11) is 0. The van der Waals surface area contributed by atoms with Gasteiger partial charge in [-0.15, -0.1) is 17.9 Å². The van der Waals surface area contributed by atoms with Crippen molar-refractivity contribution in [2.75, 3.05) is 0 Å². The fourth-order valence-electron chi connectivity index (χ4n) is 0.778. The van der Waals surface area contributed by atoms with Crippen molar-refractivity contribution in [3.63, 3.8) is 0 Å². The Hall–Kier alpha value is -1.09. The van der Waals surface area contributed by atoms with Crippen LogP contribution in [-0.4, -0.2) is 6.41 Å². The van der Waals surface area contributed by atoms with E-state index in [4.69, 9.17) is 0 Å². The molecule has 1 aromatic heterocycles. The van der Waals surface area contributed by atoms with Crippen LogP contribution in [-0.2, 0) is 4.79 Å². The molecule has 1 aromatic rings. The molecule has 1 radical (unpaired) electrons. The Labute approximate surface area is 69.6 Å². The third-order valence-corrected chi connectivity index (χ3v) is 2.26. The number of hydrogen-bond acceptors (Lipinski definition) is 2. The first kappa shape index (κ1) is 8.01. The SMILES string of the molecule is C=CC(N[C]=O)c1cccs1.